The molecule has 0 aliphatic heterocycles. The Hall–Kier alpha value is -3.13. The number of amides is 1. The molecule has 2 aromatic rings. The molecule has 1 N–H and O–H groups in total. The van der Waals surface area contributed by atoms with Gasteiger partial charge in [-0.05, 0) is 73.9 Å². The predicted octanol–water partition coefficient (Wildman–Crippen LogP) is 7.98. The molecule has 2 heteroatoms. The van der Waals surface area contributed by atoms with Gasteiger partial charge in [-0.25, -0.2) is 0 Å². The minimum atomic E-state index is -0.0992. The van der Waals surface area contributed by atoms with Gasteiger partial charge in [0.2, 0.25) is 0 Å². The maximum absolute atomic E-state index is 12.3. The van der Waals surface area contributed by atoms with E-state index in [0.29, 0.717) is 5.56 Å². The molecule has 31 heavy (non-hydrogen) atoms. The second-order valence-electron chi connectivity index (χ2n) is 8.98. The molecule has 2 aromatic carbocycles. The number of para-hydroxylation sites is 1. The second kappa shape index (κ2) is 10.3. The summed E-state index contributed by atoms with van der Waals surface area (Å²) in [4.78, 5) is 12.3. The van der Waals surface area contributed by atoms with E-state index in [1.807, 2.05) is 54.6 Å². The van der Waals surface area contributed by atoms with Crippen LogP contribution in [-0.2, 0) is 0 Å². The second-order valence-corrected chi connectivity index (χ2v) is 8.98. The topological polar surface area (TPSA) is 29.1 Å². The molecule has 0 fully saturated rings. The Bertz CT molecular complexity index is 1020. The zero-order chi connectivity index (χ0) is 22.3. The molecule has 1 amide bonds. The zero-order valence-electron chi connectivity index (χ0n) is 19.1. The van der Waals surface area contributed by atoms with Crippen molar-refractivity contribution in [3.63, 3.8) is 0 Å². The summed E-state index contributed by atoms with van der Waals surface area (Å²) < 4.78 is 0. The van der Waals surface area contributed by atoms with Crippen molar-refractivity contribution in [1.82, 2.24) is 0 Å². The predicted molar refractivity (Wildman–Crippen MR) is 133 cm³/mol. The van der Waals surface area contributed by atoms with Crippen molar-refractivity contribution >= 4 is 17.7 Å². The molecule has 0 radical (unpaired) electrons. The van der Waals surface area contributed by atoms with Crippen molar-refractivity contribution < 1.29 is 4.79 Å². The third-order valence-corrected chi connectivity index (χ3v) is 5.91. The smallest absolute Gasteiger partial charge is 0.255 e. The lowest BCUT2D eigenvalue weighted by Gasteiger charge is -2.32. The highest BCUT2D eigenvalue weighted by Crippen LogP contribution is 2.40. The molecular weight excluding hydrogens is 378 g/mol. The fraction of sp³-hybridized carbons (Fsp3) is 0.276. The van der Waals surface area contributed by atoms with E-state index in [4.69, 9.17) is 0 Å². The number of carbonyl (C=O) groups excluding carboxylic acids is 1. The Balaban J connectivity index is 1.60. The normalized spacial score (nSPS) is 16.8. The van der Waals surface area contributed by atoms with Gasteiger partial charge in [0.15, 0.2) is 0 Å². The number of rotatable bonds is 6. The van der Waals surface area contributed by atoms with Gasteiger partial charge in [0.25, 0.3) is 5.91 Å². The molecule has 1 aliphatic carbocycles. The Labute approximate surface area is 187 Å². The first kappa shape index (κ1) is 22.6. The van der Waals surface area contributed by atoms with E-state index in [1.54, 1.807) is 0 Å². The summed E-state index contributed by atoms with van der Waals surface area (Å²) in [6, 6.07) is 17.1. The first-order valence-electron chi connectivity index (χ1n) is 11.0. The van der Waals surface area contributed by atoms with E-state index < -0.39 is 0 Å². The van der Waals surface area contributed by atoms with E-state index >= 15 is 0 Å². The summed E-state index contributed by atoms with van der Waals surface area (Å²) >= 11 is 0. The van der Waals surface area contributed by atoms with E-state index in [-0.39, 0.29) is 11.3 Å². The zero-order valence-corrected chi connectivity index (χ0v) is 19.1. The summed E-state index contributed by atoms with van der Waals surface area (Å²) in [6.07, 6.45) is 14.5. The number of hydrogen-bond donors (Lipinski definition) is 1. The molecule has 1 aliphatic rings. The summed E-state index contributed by atoms with van der Waals surface area (Å²) in [5, 5.41) is 2.91. The van der Waals surface area contributed by atoms with Crippen LogP contribution in [0.4, 0.5) is 5.69 Å². The quantitative estimate of drug-likeness (QED) is 0.480. The van der Waals surface area contributed by atoms with Crippen LogP contribution < -0.4 is 5.32 Å². The third-order valence-electron chi connectivity index (χ3n) is 5.91. The molecule has 160 valence electrons. The molecule has 2 nitrogen and oxygen atoms in total. The molecule has 0 saturated carbocycles. The molecule has 0 heterocycles. The van der Waals surface area contributed by atoms with Crippen LogP contribution in [0, 0.1) is 5.41 Å². The van der Waals surface area contributed by atoms with Crippen molar-refractivity contribution in [3.8, 4) is 0 Å². The molecule has 3 rings (SSSR count). The van der Waals surface area contributed by atoms with Crippen molar-refractivity contribution in [2.75, 3.05) is 5.32 Å². The monoisotopic (exact) mass is 411 g/mol. The van der Waals surface area contributed by atoms with Gasteiger partial charge in [0.1, 0.15) is 0 Å². The Morgan fingerprint density at radius 1 is 1.00 bits per heavy atom. The molecular formula is C29H33NO. The summed E-state index contributed by atoms with van der Waals surface area (Å²) in [6.45, 7) is 9.09. The van der Waals surface area contributed by atoms with Crippen LogP contribution >= 0.6 is 0 Å². The standard InChI is InChI=1S/C29H33NO/c1-22(15-20-27-23(2)11-9-21-29(27,3)4)10-8-12-24-16-18-25(19-17-24)28(31)30-26-13-6-5-7-14-26/h5-8,10,12-20H,9,11,21H2,1-4H3,(H,30,31). The van der Waals surface area contributed by atoms with Crippen LogP contribution in [-0.4, -0.2) is 5.91 Å². The molecule has 0 aromatic heterocycles. The lowest BCUT2D eigenvalue weighted by Crippen LogP contribution is -2.19. The summed E-state index contributed by atoms with van der Waals surface area (Å²) in [5.74, 6) is -0.0992. The van der Waals surface area contributed by atoms with Gasteiger partial charge in [0.05, 0.1) is 0 Å². The van der Waals surface area contributed by atoms with Crippen LogP contribution in [0.15, 0.2) is 95.6 Å². The molecule has 0 saturated heterocycles. The van der Waals surface area contributed by atoms with Crippen molar-refractivity contribution in [2.45, 2.75) is 47.0 Å². The van der Waals surface area contributed by atoms with E-state index in [0.717, 1.165) is 11.3 Å². The van der Waals surface area contributed by atoms with Gasteiger partial charge in [0, 0.05) is 11.3 Å². The lowest BCUT2D eigenvalue weighted by atomic mass is 9.72. The van der Waals surface area contributed by atoms with Crippen LogP contribution in [0.5, 0.6) is 0 Å². The van der Waals surface area contributed by atoms with Crippen LogP contribution in [0.2, 0.25) is 0 Å². The molecule has 0 unspecified atom stereocenters. The maximum Gasteiger partial charge on any atom is 0.255 e. The van der Waals surface area contributed by atoms with Crippen molar-refractivity contribution in [1.29, 1.82) is 0 Å². The van der Waals surface area contributed by atoms with Gasteiger partial charge in [-0.2, -0.15) is 0 Å². The number of nitrogens with one attached hydrogen (secondary N) is 1. The van der Waals surface area contributed by atoms with Gasteiger partial charge in [-0.3, -0.25) is 4.79 Å². The van der Waals surface area contributed by atoms with Gasteiger partial charge >= 0.3 is 0 Å². The van der Waals surface area contributed by atoms with E-state index in [2.05, 4.69) is 63.4 Å². The van der Waals surface area contributed by atoms with E-state index in [1.165, 1.54) is 36.0 Å². The lowest BCUT2D eigenvalue weighted by molar-refractivity contribution is 0.102. The molecule has 0 spiro atoms. The Kier molecular flexibility index (Phi) is 7.46. The largest absolute Gasteiger partial charge is 0.322 e. The number of hydrogen-bond acceptors (Lipinski definition) is 1. The average Bonchev–Trinajstić information content (AvgIpc) is 2.74. The third kappa shape index (κ3) is 6.42. The minimum absolute atomic E-state index is 0.0992. The summed E-state index contributed by atoms with van der Waals surface area (Å²) in [5.41, 5.74) is 7.01. The van der Waals surface area contributed by atoms with Gasteiger partial charge < -0.3 is 5.32 Å². The first-order valence-corrected chi connectivity index (χ1v) is 11.0. The molecule has 0 atom stereocenters. The van der Waals surface area contributed by atoms with Crippen LogP contribution in [0.3, 0.4) is 0 Å². The number of anilines is 1. The highest BCUT2D eigenvalue weighted by Gasteiger charge is 2.26. The van der Waals surface area contributed by atoms with Crippen molar-refractivity contribution in [3.05, 3.63) is 107 Å². The van der Waals surface area contributed by atoms with Crippen molar-refractivity contribution in [2.24, 2.45) is 5.41 Å². The first-order chi connectivity index (χ1) is 14.8. The SMILES string of the molecule is CC(C=CC1=C(C)CCCC1(C)C)=CC=Cc1ccc(C(=O)Nc2ccccc2)cc1. The summed E-state index contributed by atoms with van der Waals surface area (Å²) in [7, 11) is 0. The van der Waals surface area contributed by atoms with Gasteiger partial charge in [-0.15, -0.1) is 0 Å². The van der Waals surface area contributed by atoms with Crippen LogP contribution in [0.25, 0.3) is 6.08 Å². The Morgan fingerprint density at radius 2 is 1.71 bits per heavy atom. The number of benzene rings is 2. The highest BCUT2D eigenvalue weighted by atomic mass is 16.1. The fourth-order valence-electron chi connectivity index (χ4n) is 4.06. The minimum Gasteiger partial charge on any atom is -0.322 e. The highest BCUT2D eigenvalue weighted by molar-refractivity contribution is 6.04. The fourth-order valence-corrected chi connectivity index (χ4v) is 4.06. The van der Waals surface area contributed by atoms with E-state index in [9.17, 15) is 4.79 Å². The van der Waals surface area contributed by atoms with Crippen LogP contribution in [0.1, 0.15) is 62.9 Å². The Morgan fingerprint density at radius 3 is 2.39 bits per heavy atom. The average molecular weight is 412 g/mol. The molecule has 0 bridgehead atoms. The number of allylic oxidation sites excluding steroid dienone is 7. The van der Waals surface area contributed by atoms with Gasteiger partial charge in [-0.1, -0.05) is 85.7 Å². The number of carbonyl (C=O) groups is 1. The maximum atomic E-state index is 12.3.